The first kappa shape index (κ1) is 19.6. The molecule has 1 aliphatic heterocycles. The van der Waals surface area contributed by atoms with Gasteiger partial charge in [-0.05, 0) is 42.4 Å². The molecule has 3 N–H and O–H groups in total. The van der Waals surface area contributed by atoms with Crippen molar-refractivity contribution < 1.29 is 0 Å². The molecular weight excluding hydrogens is 362 g/mol. The van der Waals surface area contributed by atoms with Crippen molar-refractivity contribution in [2.24, 2.45) is 12.8 Å². The Balaban J connectivity index is 1.76. The van der Waals surface area contributed by atoms with Crippen molar-refractivity contribution in [1.82, 2.24) is 19.5 Å². The number of hydrogen-bond donors (Lipinski definition) is 2. The quantitative estimate of drug-likeness (QED) is 0.707. The van der Waals surface area contributed by atoms with E-state index in [-0.39, 0.29) is 11.5 Å². The van der Waals surface area contributed by atoms with Crippen LogP contribution in [0.2, 0.25) is 0 Å². The maximum Gasteiger partial charge on any atom is 0.229 e. The SMILES string of the molecule is Cc1ccc(C(C)(C)C)cc1Nc1nc(N2CCC(N)CC2)nc2ncn(C)c12. The lowest BCUT2D eigenvalue weighted by atomic mass is 9.86. The number of rotatable bonds is 3. The molecule has 0 bridgehead atoms. The zero-order valence-electron chi connectivity index (χ0n) is 18.0. The van der Waals surface area contributed by atoms with Crippen molar-refractivity contribution in [3.8, 4) is 0 Å². The molecule has 29 heavy (non-hydrogen) atoms. The zero-order chi connectivity index (χ0) is 20.8. The molecule has 7 heteroatoms. The topological polar surface area (TPSA) is 84.9 Å². The number of imidazole rings is 1. The average molecular weight is 394 g/mol. The minimum absolute atomic E-state index is 0.0787. The molecule has 0 atom stereocenters. The maximum absolute atomic E-state index is 6.07. The second kappa shape index (κ2) is 7.30. The average Bonchev–Trinajstić information content (AvgIpc) is 3.04. The van der Waals surface area contributed by atoms with Gasteiger partial charge in [0.25, 0.3) is 0 Å². The Labute approximate surface area is 172 Å². The van der Waals surface area contributed by atoms with Crippen LogP contribution in [0.25, 0.3) is 11.2 Å². The fourth-order valence-corrected chi connectivity index (χ4v) is 3.72. The van der Waals surface area contributed by atoms with E-state index in [0.29, 0.717) is 5.65 Å². The maximum atomic E-state index is 6.07. The van der Waals surface area contributed by atoms with Gasteiger partial charge < -0.3 is 20.5 Å². The molecule has 1 aromatic carbocycles. The fourth-order valence-electron chi connectivity index (χ4n) is 3.72. The Kier molecular flexibility index (Phi) is 4.94. The summed E-state index contributed by atoms with van der Waals surface area (Å²) in [5.41, 5.74) is 11.3. The standard InChI is InChI=1S/C22H31N7/c1-14-6-7-15(22(2,3)4)12-17(14)25-20-18-19(24-13-28(18)5)26-21(27-20)29-10-8-16(23)9-11-29/h6-7,12-13,16H,8-11,23H2,1-5H3,(H,25,26,27). The smallest absolute Gasteiger partial charge is 0.229 e. The van der Waals surface area contributed by atoms with E-state index in [1.54, 1.807) is 6.33 Å². The monoisotopic (exact) mass is 393 g/mol. The van der Waals surface area contributed by atoms with Crippen molar-refractivity contribution in [3.63, 3.8) is 0 Å². The van der Waals surface area contributed by atoms with Gasteiger partial charge in [0.2, 0.25) is 5.95 Å². The molecule has 1 saturated heterocycles. The van der Waals surface area contributed by atoms with E-state index in [1.165, 1.54) is 11.1 Å². The number of fused-ring (bicyclic) bond motifs is 1. The predicted molar refractivity (Wildman–Crippen MR) is 119 cm³/mol. The van der Waals surface area contributed by atoms with Gasteiger partial charge in [-0.1, -0.05) is 32.9 Å². The second-order valence-corrected chi connectivity index (χ2v) is 9.13. The Morgan fingerprint density at radius 3 is 2.55 bits per heavy atom. The number of hydrogen-bond acceptors (Lipinski definition) is 6. The third-order valence-corrected chi connectivity index (χ3v) is 5.74. The summed E-state index contributed by atoms with van der Waals surface area (Å²) in [6.45, 7) is 10.5. The molecule has 2 aromatic heterocycles. The lowest BCUT2D eigenvalue weighted by molar-refractivity contribution is 0.496. The van der Waals surface area contributed by atoms with Crippen LogP contribution in [0, 0.1) is 6.92 Å². The summed E-state index contributed by atoms with van der Waals surface area (Å²) in [5, 5.41) is 3.58. The second-order valence-electron chi connectivity index (χ2n) is 9.13. The molecule has 7 nitrogen and oxygen atoms in total. The third kappa shape index (κ3) is 3.92. The molecule has 154 valence electrons. The van der Waals surface area contributed by atoms with Crippen LogP contribution in [0.15, 0.2) is 24.5 Å². The molecule has 0 spiro atoms. The van der Waals surface area contributed by atoms with Crippen molar-refractivity contribution in [2.75, 3.05) is 23.3 Å². The first-order valence-corrected chi connectivity index (χ1v) is 10.3. The van der Waals surface area contributed by atoms with Crippen molar-refractivity contribution in [1.29, 1.82) is 0 Å². The summed E-state index contributed by atoms with van der Waals surface area (Å²) in [4.78, 5) is 16.3. The van der Waals surface area contributed by atoms with Gasteiger partial charge in [0.05, 0.1) is 6.33 Å². The largest absolute Gasteiger partial charge is 0.341 e. The van der Waals surface area contributed by atoms with Gasteiger partial charge >= 0.3 is 0 Å². The summed E-state index contributed by atoms with van der Waals surface area (Å²) in [7, 11) is 1.97. The molecule has 0 aliphatic carbocycles. The van der Waals surface area contributed by atoms with Crippen LogP contribution in [0.3, 0.4) is 0 Å². The Morgan fingerprint density at radius 1 is 1.14 bits per heavy atom. The third-order valence-electron chi connectivity index (χ3n) is 5.74. The van der Waals surface area contributed by atoms with E-state index in [2.05, 4.69) is 61.1 Å². The number of nitrogens with two attached hydrogens (primary N) is 1. The van der Waals surface area contributed by atoms with Crippen molar-refractivity contribution >= 4 is 28.6 Å². The van der Waals surface area contributed by atoms with E-state index >= 15 is 0 Å². The minimum atomic E-state index is 0.0787. The Morgan fingerprint density at radius 2 is 1.86 bits per heavy atom. The van der Waals surface area contributed by atoms with Gasteiger partial charge in [-0.2, -0.15) is 9.97 Å². The van der Waals surface area contributed by atoms with E-state index < -0.39 is 0 Å². The molecular formula is C22H31N7. The van der Waals surface area contributed by atoms with Crippen molar-refractivity contribution in [2.45, 2.75) is 52.0 Å². The zero-order valence-corrected chi connectivity index (χ0v) is 18.0. The van der Waals surface area contributed by atoms with Crippen LogP contribution in [-0.4, -0.2) is 38.7 Å². The number of piperidine rings is 1. The summed E-state index contributed by atoms with van der Waals surface area (Å²) in [6.07, 6.45) is 3.71. The molecule has 0 radical (unpaired) electrons. The van der Waals surface area contributed by atoms with Gasteiger partial charge in [0.1, 0.15) is 5.52 Å². The molecule has 3 heterocycles. The van der Waals surface area contributed by atoms with Gasteiger partial charge in [0.15, 0.2) is 11.5 Å². The van der Waals surface area contributed by atoms with Gasteiger partial charge in [-0.15, -0.1) is 0 Å². The molecule has 1 fully saturated rings. The van der Waals surface area contributed by atoms with Gasteiger partial charge in [-0.3, -0.25) is 0 Å². The van der Waals surface area contributed by atoms with Gasteiger partial charge in [0, 0.05) is 31.9 Å². The molecule has 1 aliphatic rings. The van der Waals surface area contributed by atoms with Crippen LogP contribution in [0.5, 0.6) is 0 Å². The normalized spacial score (nSPS) is 15.9. The highest BCUT2D eigenvalue weighted by Crippen LogP contribution is 2.31. The number of nitrogens with zero attached hydrogens (tertiary/aromatic N) is 5. The predicted octanol–water partition coefficient (Wildman–Crippen LogP) is 3.64. The highest BCUT2D eigenvalue weighted by molar-refractivity contribution is 5.87. The lowest BCUT2D eigenvalue weighted by Gasteiger charge is -2.30. The fraction of sp³-hybridized carbons (Fsp3) is 0.500. The number of benzene rings is 1. The summed E-state index contributed by atoms with van der Waals surface area (Å²) >= 11 is 0. The minimum Gasteiger partial charge on any atom is -0.341 e. The van der Waals surface area contributed by atoms with Crippen LogP contribution in [0.1, 0.15) is 44.7 Å². The Bertz CT molecular complexity index is 1020. The number of aryl methyl sites for hydroxylation is 2. The van der Waals surface area contributed by atoms with Gasteiger partial charge in [-0.25, -0.2) is 4.98 Å². The first-order chi connectivity index (χ1) is 13.7. The van der Waals surface area contributed by atoms with Crippen LogP contribution in [0.4, 0.5) is 17.5 Å². The summed E-state index contributed by atoms with van der Waals surface area (Å²) in [6, 6.07) is 6.85. The number of aromatic nitrogens is 4. The number of nitrogens with one attached hydrogen (secondary N) is 1. The Hall–Kier alpha value is -2.67. The van der Waals surface area contributed by atoms with Crippen molar-refractivity contribution in [3.05, 3.63) is 35.7 Å². The first-order valence-electron chi connectivity index (χ1n) is 10.3. The van der Waals surface area contributed by atoms with E-state index in [9.17, 15) is 0 Å². The molecule has 3 aromatic rings. The highest BCUT2D eigenvalue weighted by Gasteiger charge is 2.22. The highest BCUT2D eigenvalue weighted by atomic mass is 15.3. The molecule has 4 rings (SSSR count). The molecule has 0 saturated carbocycles. The summed E-state index contributed by atoms with van der Waals surface area (Å²) < 4.78 is 1.97. The molecule has 0 amide bonds. The van der Waals surface area contributed by atoms with Crippen LogP contribution < -0.4 is 16.0 Å². The van der Waals surface area contributed by atoms with Crippen LogP contribution in [-0.2, 0) is 12.5 Å². The lowest BCUT2D eigenvalue weighted by Crippen LogP contribution is -2.40. The summed E-state index contributed by atoms with van der Waals surface area (Å²) in [5.74, 6) is 1.50. The van der Waals surface area contributed by atoms with E-state index in [4.69, 9.17) is 15.7 Å². The number of anilines is 3. The van der Waals surface area contributed by atoms with E-state index in [1.807, 2.05) is 11.6 Å². The van der Waals surface area contributed by atoms with E-state index in [0.717, 1.165) is 48.9 Å². The van der Waals surface area contributed by atoms with Crippen LogP contribution >= 0.6 is 0 Å². The molecule has 0 unspecified atom stereocenters.